The van der Waals surface area contributed by atoms with Crippen molar-refractivity contribution in [3.63, 3.8) is 0 Å². The summed E-state index contributed by atoms with van der Waals surface area (Å²) in [5.74, 6) is -0.372. The molecule has 0 saturated carbocycles. The maximum atomic E-state index is 12.2. The van der Waals surface area contributed by atoms with Gasteiger partial charge in [-0.05, 0) is 30.3 Å². The molecular weight excluding hydrogens is 335 g/mol. The molecule has 0 radical (unpaired) electrons. The van der Waals surface area contributed by atoms with Crippen LogP contribution >= 0.6 is 34.8 Å². The zero-order valence-corrected chi connectivity index (χ0v) is 11.9. The van der Waals surface area contributed by atoms with Crippen LogP contribution in [0, 0.1) is 0 Å². The molecule has 2 rings (SSSR count). The molecule has 0 amide bonds. The minimum Gasteiger partial charge on any atom is -0.406 e. The summed E-state index contributed by atoms with van der Waals surface area (Å²) in [6.07, 6.45) is -4.77. The number of hydrogen-bond acceptors (Lipinski definition) is 1. The monoisotopic (exact) mass is 340 g/mol. The van der Waals surface area contributed by atoms with E-state index in [9.17, 15) is 13.2 Å². The lowest BCUT2D eigenvalue weighted by Gasteiger charge is -2.12. The summed E-state index contributed by atoms with van der Waals surface area (Å²) in [4.78, 5) is 0. The van der Waals surface area contributed by atoms with Gasteiger partial charge < -0.3 is 4.74 Å². The van der Waals surface area contributed by atoms with Crippen LogP contribution in [0.1, 0.15) is 0 Å². The van der Waals surface area contributed by atoms with Crippen molar-refractivity contribution in [3.05, 3.63) is 51.5 Å². The molecule has 0 aliphatic heterocycles. The van der Waals surface area contributed by atoms with Crippen LogP contribution < -0.4 is 4.74 Å². The molecule has 0 N–H and O–H groups in total. The van der Waals surface area contributed by atoms with Crippen LogP contribution in [-0.4, -0.2) is 6.36 Å². The summed E-state index contributed by atoms with van der Waals surface area (Å²) in [6, 6.07) is 8.22. The third kappa shape index (κ3) is 3.72. The Hall–Kier alpha value is -1.10. The normalized spacial score (nSPS) is 11.5. The maximum Gasteiger partial charge on any atom is 0.573 e. The van der Waals surface area contributed by atoms with Crippen molar-refractivity contribution in [2.75, 3.05) is 0 Å². The highest BCUT2D eigenvalue weighted by Crippen LogP contribution is 2.37. The van der Waals surface area contributed by atoms with Gasteiger partial charge >= 0.3 is 6.36 Å². The molecule has 0 aliphatic carbocycles. The second kappa shape index (κ2) is 5.72. The van der Waals surface area contributed by atoms with E-state index in [2.05, 4.69) is 4.74 Å². The summed E-state index contributed by atoms with van der Waals surface area (Å²) >= 11 is 17.8. The van der Waals surface area contributed by atoms with Gasteiger partial charge in [-0.2, -0.15) is 0 Å². The first-order chi connectivity index (χ1) is 9.26. The molecule has 20 heavy (non-hydrogen) atoms. The lowest BCUT2D eigenvalue weighted by molar-refractivity contribution is -0.274. The summed E-state index contributed by atoms with van der Waals surface area (Å²) in [5, 5.41) is 0.949. The number of alkyl halides is 3. The Morgan fingerprint density at radius 3 is 2.10 bits per heavy atom. The maximum absolute atomic E-state index is 12.2. The lowest BCUT2D eigenvalue weighted by Crippen LogP contribution is -2.17. The Morgan fingerprint density at radius 1 is 0.800 bits per heavy atom. The van der Waals surface area contributed by atoms with Crippen LogP contribution in [0.25, 0.3) is 11.1 Å². The molecule has 0 bridgehead atoms. The van der Waals surface area contributed by atoms with Crippen molar-refractivity contribution >= 4 is 34.8 Å². The zero-order chi connectivity index (χ0) is 14.9. The molecule has 2 aromatic carbocycles. The highest BCUT2D eigenvalue weighted by atomic mass is 35.5. The molecule has 106 valence electrons. The Kier molecular flexibility index (Phi) is 4.37. The topological polar surface area (TPSA) is 9.23 Å². The SMILES string of the molecule is FC(F)(F)Oc1ccc(Cl)c(-c2ccc(Cl)cc2Cl)c1. The highest BCUT2D eigenvalue weighted by molar-refractivity contribution is 6.38. The third-order valence-corrected chi connectivity index (χ3v) is 3.27. The van der Waals surface area contributed by atoms with Crippen molar-refractivity contribution < 1.29 is 17.9 Å². The van der Waals surface area contributed by atoms with Gasteiger partial charge in [0.05, 0.1) is 0 Å². The Bertz CT molecular complexity index is 641. The van der Waals surface area contributed by atoms with Gasteiger partial charge in [-0.1, -0.05) is 40.9 Å². The molecule has 0 fully saturated rings. The molecule has 0 aromatic heterocycles. The average molecular weight is 342 g/mol. The molecule has 0 heterocycles. The van der Waals surface area contributed by atoms with Crippen LogP contribution in [-0.2, 0) is 0 Å². The van der Waals surface area contributed by atoms with Gasteiger partial charge in [0.2, 0.25) is 0 Å². The third-order valence-electron chi connectivity index (χ3n) is 2.39. The second-order valence-electron chi connectivity index (χ2n) is 3.81. The van der Waals surface area contributed by atoms with Crippen LogP contribution in [0.5, 0.6) is 5.75 Å². The van der Waals surface area contributed by atoms with Gasteiger partial charge in [-0.3, -0.25) is 0 Å². The van der Waals surface area contributed by atoms with Crippen LogP contribution in [0.15, 0.2) is 36.4 Å². The van der Waals surface area contributed by atoms with Crippen LogP contribution in [0.4, 0.5) is 13.2 Å². The standard InChI is InChI=1S/C13H6Cl3F3O/c14-7-1-3-9(12(16)5-7)10-6-8(2-4-11(10)15)20-13(17,18)19/h1-6H. The quantitative estimate of drug-likeness (QED) is 0.631. The van der Waals surface area contributed by atoms with Gasteiger partial charge in [0.15, 0.2) is 0 Å². The molecule has 2 aromatic rings. The molecule has 0 spiro atoms. The minimum absolute atomic E-state index is 0.253. The number of ether oxygens (including phenoxy) is 1. The van der Waals surface area contributed by atoms with Crippen molar-refractivity contribution in [2.45, 2.75) is 6.36 Å². The van der Waals surface area contributed by atoms with E-state index in [1.807, 2.05) is 0 Å². The van der Waals surface area contributed by atoms with Gasteiger partial charge in [0.1, 0.15) is 5.75 Å². The van der Waals surface area contributed by atoms with E-state index in [0.29, 0.717) is 16.1 Å². The van der Waals surface area contributed by atoms with Gasteiger partial charge in [-0.25, -0.2) is 0 Å². The average Bonchev–Trinajstić information content (AvgIpc) is 2.30. The van der Waals surface area contributed by atoms with Crippen LogP contribution in [0.3, 0.4) is 0 Å². The number of benzene rings is 2. The van der Waals surface area contributed by atoms with E-state index in [4.69, 9.17) is 34.8 Å². The van der Waals surface area contributed by atoms with Crippen molar-refractivity contribution in [2.24, 2.45) is 0 Å². The second-order valence-corrected chi connectivity index (χ2v) is 5.06. The van der Waals surface area contributed by atoms with E-state index in [1.54, 1.807) is 12.1 Å². The van der Waals surface area contributed by atoms with Gasteiger partial charge in [0.25, 0.3) is 0 Å². The smallest absolute Gasteiger partial charge is 0.406 e. The molecular formula is C13H6Cl3F3O. The first-order valence-corrected chi connectivity index (χ1v) is 6.40. The Morgan fingerprint density at radius 2 is 1.50 bits per heavy atom. The molecule has 0 unspecified atom stereocenters. The lowest BCUT2D eigenvalue weighted by atomic mass is 10.1. The number of rotatable bonds is 2. The number of halogens is 6. The Balaban J connectivity index is 2.48. The molecule has 7 heteroatoms. The van der Waals surface area contributed by atoms with Crippen molar-refractivity contribution in [3.8, 4) is 16.9 Å². The zero-order valence-electron chi connectivity index (χ0n) is 9.64. The summed E-state index contributed by atoms with van der Waals surface area (Å²) in [6.45, 7) is 0. The largest absolute Gasteiger partial charge is 0.573 e. The molecule has 0 saturated heterocycles. The minimum atomic E-state index is -4.77. The van der Waals surface area contributed by atoms with Gasteiger partial charge in [0, 0.05) is 26.2 Å². The summed E-state index contributed by atoms with van der Waals surface area (Å²) in [5.41, 5.74) is 0.795. The molecule has 0 atom stereocenters. The fourth-order valence-corrected chi connectivity index (χ4v) is 2.35. The Labute approximate surface area is 127 Å². The predicted molar refractivity (Wildman–Crippen MR) is 73.6 cm³/mol. The van der Waals surface area contributed by atoms with E-state index in [1.165, 1.54) is 18.2 Å². The van der Waals surface area contributed by atoms with Crippen molar-refractivity contribution in [1.82, 2.24) is 0 Å². The van der Waals surface area contributed by atoms with E-state index < -0.39 is 6.36 Å². The molecule has 0 aliphatic rings. The fourth-order valence-electron chi connectivity index (χ4n) is 1.62. The highest BCUT2D eigenvalue weighted by Gasteiger charge is 2.31. The van der Waals surface area contributed by atoms with E-state index in [0.717, 1.165) is 6.07 Å². The fraction of sp³-hybridized carbons (Fsp3) is 0.0769. The van der Waals surface area contributed by atoms with Gasteiger partial charge in [-0.15, -0.1) is 13.2 Å². The first-order valence-electron chi connectivity index (χ1n) is 5.27. The van der Waals surface area contributed by atoms with E-state index >= 15 is 0 Å². The number of hydrogen-bond donors (Lipinski definition) is 0. The predicted octanol–water partition coefficient (Wildman–Crippen LogP) is 6.21. The first kappa shape index (κ1) is 15.3. The van der Waals surface area contributed by atoms with Crippen LogP contribution in [0.2, 0.25) is 15.1 Å². The van der Waals surface area contributed by atoms with E-state index in [-0.39, 0.29) is 15.8 Å². The summed E-state index contributed by atoms with van der Waals surface area (Å²) in [7, 11) is 0. The molecule has 1 nitrogen and oxygen atoms in total. The van der Waals surface area contributed by atoms with Crippen molar-refractivity contribution in [1.29, 1.82) is 0 Å². The summed E-state index contributed by atoms with van der Waals surface area (Å²) < 4.78 is 40.5.